The SMILES string of the molecule is CC(C)NC(=O)C1(C#N)C=C1C1C=CCCC1. The Balaban J connectivity index is 2.06. The molecule has 2 rings (SSSR count). The Labute approximate surface area is 102 Å². The van der Waals surface area contributed by atoms with Gasteiger partial charge in [-0.15, -0.1) is 0 Å². The van der Waals surface area contributed by atoms with Crippen molar-refractivity contribution >= 4 is 5.91 Å². The zero-order chi connectivity index (χ0) is 12.5. The van der Waals surface area contributed by atoms with E-state index in [1.165, 1.54) is 0 Å². The number of allylic oxidation sites excluding steroid dienone is 2. The number of nitrogens with one attached hydrogen (secondary N) is 1. The van der Waals surface area contributed by atoms with Gasteiger partial charge in [0.15, 0.2) is 5.41 Å². The van der Waals surface area contributed by atoms with Crippen LogP contribution < -0.4 is 5.32 Å². The van der Waals surface area contributed by atoms with E-state index < -0.39 is 5.41 Å². The van der Waals surface area contributed by atoms with E-state index in [-0.39, 0.29) is 11.9 Å². The third-order valence-electron chi connectivity index (χ3n) is 3.35. The summed E-state index contributed by atoms with van der Waals surface area (Å²) in [4.78, 5) is 12.0. The van der Waals surface area contributed by atoms with Crippen LogP contribution in [0.3, 0.4) is 0 Å². The van der Waals surface area contributed by atoms with Crippen LogP contribution >= 0.6 is 0 Å². The largest absolute Gasteiger partial charge is 0.352 e. The van der Waals surface area contributed by atoms with E-state index in [9.17, 15) is 10.1 Å². The molecule has 90 valence electrons. The normalized spacial score (nSPS) is 30.7. The summed E-state index contributed by atoms with van der Waals surface area (Å²) in [7, 11) is 0. The number of amides is 1. The molecule has 0 radical (unpaired) electrons. The second-order valence-corrected chi connectivity index (χ2v) is 5.11. The number of nitrogens with zero attached hydrogens (tertiary/aromatic N) is 1. The Morgan fingerprint density at radius 1 is 1.65 bits per heavy atom. The number of carbonyl (C=O) groups is 1. The highest BCUT2D eigenvalue weighted by Crippen LogP contribution is 2.50. The molecule has 1 N–H and O–H groups in total. The predicted molar refractivity (Wildman–Crippen MR) is 65.9 cm³/mol. The maximum absolute atomic E-state index is 12.0. The molecular weight excluding hydrogens is 212 g/mol. The molecule has 0 saturated heterocycles. The van der Waals surface area contributed by atoms with Crippen LogP contribution in [-0.4, -0.2) is 11.9 Å². The highest BCUT2D eigenvalue weighted by molar-refractivity contribution is 5.96. The molecule has 2 atom stereocenters. The third kappa shape index (κ3) is 2.12. The van der Waals surface area contributed by atoms with Gasteiger partial charge in [-0.3, -0.25) is 4.79 Å². The van der Waals surface area contributed by atoms with Gasteiger partial charge in [-0.25, -0.2) is 0 Å². The minimum absolute atomic E-state index is 0.0740. The van der Waals surface area contributed by atoms with Crippen LogP contribution in [0.2, 0.25) is 0 Å². The van der Waals surface area contributed by atoms with Crippen molar-refractivity contribution in [1.82, 2.24) is 5.32 Å². The molecule has 0 fully saturated rings. The summed E-state index contributed by atoms with van der Waals surface area (Å²) in [6.07, 6.45) is 9.42. The fourth-order valence-electron chi connectivity index (χ4n) is 2.39. The van der Waals surface area contributed by atoms with E-state index in [2.05, 4.69) is 23.5 Å². The van der Waals surface area contributed by atoms with Crippen molar-refractivity contribution in [3.63, 3.8) is 0 Å². The summed E-state index contributed by atoms with van der Waals surface area (Å²) < 4.78 is 0. The van der Waals surface area contributed by atoms with Crippen molar-refractivity contribution < 1.29 is 4.79 Å². The summed E-state index contributed by atoms with van der Waals surface area (Å²) in [5.74, 6) is 0.130. The average molecular weight is 230 g/mol. The quantitative estimate of drug-likeness (QED) is 0.756. The van der Waals surface area contributed by atoms with Crippen LogP contribution in [0, 0.1) is 22.7 Å². The Morgan fingerprint density at radius 2 is 2.41 bits per heavy atom. The second kappa shape index (κ2) is 4.37. The molecule has 3 nitrogen and oxygen atoms in total. The number of hydrogen-bond acceptors (Lipinski definition) is 2. The lowest BCUT2D eigenvalue weighted by atomic mass is 9.87. The van der Waals surface area contributed by atoms with Crippen LogP contribution in [0.25, 0.3) is 0 Å². The molecule has 2 unspecified atom stereocenters. The zero-order valence-corrected chi connectivity index (χ0v) is 10.4. The summed E-state index contributed by atoms with van der Waals surface area (Å²) >= 11 is 0. The molecule has 0 saturated carbocycles. The molecule has 0 aromatic heterocycles. The first-order chi connectivity index (χ1) is 8.10. The molecule has 2 aliphatic carbocycles. The Hall–Kier alpha value is -1.56. The van der Waals surface area contributed by atoms with Crippen LogP contribution in [0.4, 0.5) is 0 Å². The van der Waals surface area contributed by atoms with Gasteiger partial charge in [-0.05, 0) is 44.8 Å². The van der Waals surface area contributed by atoms with Gasteiger partial charge in [-0.1, -0.05) is 12.2 Å². The molecule has 0 aliphatic heterocycles. The maximum atomic E-state index is 12.0. The first-order valence-corrected chi connectivity index (χ1v) is 6.22. The molecule has 1 amide bonds. The van der Waals surface area contributed by atoms with E-state index in [0.717, 1.165) is 24.8 Å². The first kappa shape index (κ1) is 11.9. The minimum Gasteiger partial charge on any atom is -0.352 e. The number of carbonyl (C=O) groups excluding carboxylic acids is 1. The van der Waals surface area contributed by atoms with Crippen molar-refractivity contribution in [3.05, 3.63) is 23.8 Å². The fourth-order valence-corrected chi connectivity index (χ4v) is 2.39. The smallest absolute Gasteiger partial charge is 0.248 e. The van der Waals surface area contributed by atoms with Crippen LogP contribution in [-0.2, 0) is 4.79 Å². The van der Waals surface area contributed by atoms with E-state index in [1.807, 2.05) is 19.9 Å². The molecule has 2 aliphatic rings. The monoisotopic (exact) mass is 230 g/mol. The lowest BCUT2D eigenvalue weighted by Crippen LogP contribution is -2.38. The van der Waals surface area contributed by atoms with Crippen molar-refractivity contribution in [2.75, 3.05) is 0 Å². The number of hydrogen-bond donors (Lipinski definition) is 1. The van der Waals surface area contributed by atoms with E-state index in [0.29, 0.717) is 5.92 Å². The van der Waals surface area contributed by atoms with Gasteiger partial charge in [0.05, 0.1) is 6.07 Å². The highest BCUT2D eigenvalue weighted by Gasteiger charge is 2.53. The Kier molecular flexibility index (Phi) is 3.06. The van der Waals surface area contributed by atoms with Gasteiger partial charge in [0.25, 0.3) is 0 Å². The van der Waals surface area contributed by atoms with Gasteiger partial charge >= 0.3 is 0 Å². The first-order valence-electron chi connectivity index (χ1n) is 6.22. The third-order valence-corrected chi connectivity index (χ3v) is 3.35. The lowest BCUT2D eigenvalue weighted by molar-refractivity contribution is -0.124. The van der Waals surface area contributed by atoms with Gasteiger partial charge < -0.3 is 5.32 Å². The molecule has 0 heterocycles. The molecule has 0 aromatic rings. The summed E-state index contributed by atoms with van der Waals surface area (Å²) in [6, 6.07) is 2.24. The average Bonchev–Trinajstić information content (AvgIpc) is 3.05. The topological polar surface area (TPSA) is 52.9 Å². The van der Waals surface area contributed by atoms with Gasteiger partial charge in [0, 0.05) is 12.0 Å². The molecule has 0 aromatic carbocycles. The Morgan fingerprint density at radius 3 is 2.94 bits per heavy atom. The highest BCUT2D eigenvalue weighted by atomic mass is 16.2. The molecule has 3 heteroatoms. The predicted octanol–water partition coefficient (Wildman–Crippen LogP) is 2.32. The molecular formula is C14H18N2O. The minimum atomic E-state index is -0.948. The molecule has 17 heavy (non-hydrogen) atoms. The van der Waals surface area contributed by atoms with E-state index >= 15 is 0 Å². The fraction of sp³-hybridized carbons (Fsp3) is 0.571. The summed E-state index contributed by atoms with van der Waals surface area (Å²) in [5.41, 5.74) is 0.0467. The van der Waals surface area contributed by atoms with Crippen molar-refractivity contribution in [1.29, 1.82) is 5.26 Å². The number of rotatable bonds is 3. The Bertz CT molecular complexity index is 428. The van der Waals surface area contributed by atoms with E-state index in [4.69, 9.17) is 0 Å². The standard InChI is InChI=1S/C14H18N2O/c1-10(2)16-13(17)14(9-15)8-12(14)11-6-4-3-5-7-11/h4,6,8,10-11H,3,5,7H2,1-2H3,(H,16,17). The maximum Gasteiger partial charge on any atom is 0.248 e. The second-order valence-electron chi connectivity index (χ2n) is 5.11. The van der Waals surface area contributed by atoms with Crippen LogP contribution in [0.15, 0.2) is 23.8 Å². The number of nitriles is 1. The molecule has 0 spiro atoms. The van der Waals surface area contributed by atoms with Crippen molar-refractivity contribution in [2.24, 2.45) is 11.3 Å². The van der Waals surface area contributed by atoms with Crippen LogP contribution in [0.1, 0.15) is 33.1 Å². The summed E-state index contributed by atoms with van der Waals surface area (Å²) in [6.45, 7) is 3.82. The zero-order valence-electron chi connectivity index (χ0n) is 10.4. The van der Waals surface area contributed by atoms with E-state index in [1.54, 1.807) is 0 Å². The lowest BCUT2D eigenvalue weighted by Gasteiger charge is -2.19. The van der Waals surface area contributed by atoms with Crippen molar-refractivity contribution in [2.45, 2.75) is 39.2 Å². The van der Waals surface area contributed by atoms with Crippen molar-refractivity contribution in [3.8, 4) is 6.07 Å². The van der Waals surface area contributed by atoms with Gasteiger partial charge in [0.1, 0.15) is 0 Å². The van der Waals surface area contributed by atoms with Gasteiger partial charge in [-0.2, -0.15) is 5.26 Å². The van der Waals surface area contributed by atoms with Crippen LogP contribution in [0.5, 0.6) is 0 Å². The van der Waals surface area contributed by atoms with Gasteiger partial charge in [0.2, 0.25) is 5.91 Å². The molecule has 0 bridgehead atoms. The summed E-state index contributed by atoms with van der Waals surface area (Å²) in [5, 5.41) is 12.1.